The number of fused-ring (bicyclic) bond motifs is 1. The molecule has 3 N–H and O–H groups in total. The molecule has 0 aliphatic carbocycles. The Bertz CT molecular complexity index is 646. The van der Waals surface area contributed by atoms with Gasteiger partial charge in [-0.25, -0.2) is 4.79 Å². The van der Waals surface area contributed by atoms with Crippen molar-refractivity contribution in [1.29, 1.82) is 0 Å². The van der Waals surface area contributed by atoms with E-state index in [1.54, 1.807) is 13.0 Å². The minimum atomic E-state index is -1.08. The summed E-state index contributed by atoms with van der Waals surface area (Å²) in [5, 5.41) is 18.4. The number of ether oxygens (including phenoxy) is 1. The number of rotatable bonds is 6. The minimum absolute atomic E-state index is 0.0593. The number of carboxylic acid groups (broad SMARTS) is 2. The summed E-state index contributed by atoms with van der Waals surface area (Å²) in [4.78, 5) is 24.6. The third-order valence-corrected chi connectivity index (χ3v) is 3.00. The summed E-state index contributed by atoms with van der Waals surface area (Å²) >= 11 is 0. The second kappa shape index (κ2) is 5.64. The van der Waals surface area contributed by atoms with Crippen molar-refractivity contribution in [1.82, 2.24) is 4.98 Å². The SMILES string of the molecule is CC(CC(=O)O)c1[nH]c2ccccc2c1OCC(=O)O. The van der Waals surface area contributed by atoms with E-state index in [0.717, 1.165) is 10.9 Å². The van der Waals surface area contributed by atoms with E-state index >= 15 is 0 Å². The van der Waals surface area contributed by atoms with Crippen molar-refractivity contribution in [3.05, 3.63) is 30.0 Å². The molecule has 1 aromatic heterocycles. The Hall–Kier alpha value is -2.50. The summed E-state index contributed by atoms with van der Waals surface area (Å²) < 4.78 is 5.33. The molecule has 0 saturated carbocycles. The lowest BCUT2D eigenvalue weighted by molar-refractivity contribution is -0.139. The van der Waals surface area contributed by atoms with Crippen LogP contribution >= 0.6 is 0 Å². The summed E-state index contributed by atoms with van der Waals surface area (Å²) in [7, 11) is 0. The number of carboxylic acids is 2. The molecule has 0 spiro atoms. The number of aliphatic carboxylic acids is 2. The Morgan fingerprint density at radius 1 is 1.25 bits per heavy atom. The summed E-state index contributed by atoms with van der Waals surface area (Å²) in [6.45, 7) is 1.29. The molecule has 1 heterocycles. The van der Waals surface area contributed by atoms with Gasteiger partial charge in [0.1, 0.15) is 5.75 Å². The molecule has 0 saturated heterocycles. The molecular weight excluding hydrogens is 262 g/mol. The lowest BCUT2D eigenvalue weighted by atomic mass is 10.0. The van der Waals surface area contributed by atoms with Crippen LogP contribution in [0.3, 0.4) is 0 Å². The van der Waals surface area contributed by atoms with Gasteiger partial charge in [0.15, 0.2) is 6.61 Å². The van der Waals surface area contributed by atoms with Gasteiger partial charge in [0.25, 0.3) is 0 Å². The maximum Gasteiger partial charge on any atom is 0.341 e. The second-order valence-electron chi connectivity index (χ2n) is 4.59. The normalized spacial score (nSPS) is 12.2. The first-order chi connectivity index (χ1) is 9.49. The molecule has 2 rings (SSSR count). The fourth-order valence-electron chi connectivity index (χ4n) is 2.14. The van der Waals surface area contributed by atoms with E-state index in [1.165, 1.54) is 0 Å². The highest BCUT2D eigenvalue weighted by Crippen LogP contribution is 2.35. The minimum Gasteiger partial charge on any atom is -0.481 e. The Morgan fingerprint density at radius 3 is 2.60 bits per heavy atom. The fourth-order valence-corrected chi connectivity index (χ4v) is 2.14. The number of hydrogen-bond acceptors (Lipinski definition) is 3. The molecule has 2 aromatic rings. The molecule has 1 unspecified atom stereocenters. The van der Waals surface area contributed by atoms with Gasteiger partial charge in [0.05, 0.1) is 12.1 Å². The van der Waals surface area contributed by atoms with Crippen molar-refractivity contribution in [3.63, 3.8) is 0 Å². The molecule has 6 heteroatoms. The third kappa shape index (κ3) is 2.90. The van der Waals surface area contributed by atoms with Gasteiger partial charge in [-0.05, 0) is 12.1 Å². The molecule has 0 aliphatic heterocycles. The van der Waals surface area contributed by atoms with Crippen molar-refractivity contribution in [2.24, 2.45) is 0 Å². The summed E-state index contributed by atoms with van der Waals surface area (Å²) in [5.74, 6) is -1.88. The molecule has 0 radical (unpaired) electrons. The number of aromatic amines is 1. The highest BCUT2D eigenvalue weighted by Gasteiger charge is 2.20. The lowest BCUT2D eigenvalue weighted by Gasteiger charge is -2.10. The van der Waals surface area contributed by atoms with Gasteiger partial charge in [-0.2, -0.15) is 0 Å². The van der Waals surface area contributed by atoms with E-state index in [0.29, 0.717) is 11.4 Å². The summed E-state index contributed by atoms with van der Waals surface area (Å²) in [6, 6.07) is 7.29. The number of para-hydroxylation sites is 1. The molecule has 0 aliphatic rings. The molecule has 6 nitrogen and oxygen atoms in total. The van der Waals surface area contributed by atoms with Crippen molar-refractivity contribution in [3.8, 4) is 5.75 Å². The average molecular weight is 277 g/mol. The van der Waals surface area contributed by atoms with E-state index in [-0.39, 0.29) is 12.3 Å². The fraction of sp³-hybridized carbons (Fsp3) is 0.286. The maximum absolute atomic E-state index is 10.8. The zero-order chi connectivity index (χ0) is 14.7. The van der Waals surface area contributed by atoms with Crippen LogP contribution < -0.4 is 4.74 Å². The quantitative estimate of drug-likeness (QED) is 0.751. The van der Waals surface area contributed by atoms with Gasteiger partial charge in [0.2, 0.25) is 0 Å². The van der Waals surface area contributed by atoms with Gasteiger partial charge < -0.3 is 19.9 Å². The monoisotopic (exact) mass is 277 g/mol. The molecule has 0 fully saturated rings. The zero-order valence-electron chi connectivity index (χ0n) is 10.9. The molecule has 1 aromatic carbocycles. The number of H-pyrrole nitrogens is 1. The van der Waals surface area contributed by atoms with Crippen LogP contribution in [0.1, 0.15) is 25.0 Å². The molecular formula is C14H15NO5. The van der Waals surface area contributed by atoms with Gasteiger partial charge >= 0.3 is 11.9 Å². The molecule has 0 amide bonds. The summed E-state index contributed by atoms with van der Waals surface area (Å²) in [5.41, 5.74) is 1.40. The van der Waals surface area contributed by atoms with E-state index in [4.69, 9.17) is 14.9 Å². The highest BCUT2D eigenvalue weighted by molar-refractivity contribution is 5.88. The predicted octanol–water partition coefficient (Wildman–Crippen LogP) is 2.21. The van der Waals surface area contributed by atoms with Crippen LogP contribution in [0.4, 0.5) is 0 Å². The van der Waals surface area contributed by atoms with Gasteiger partial charge in [-0.15, -0.1) is 0 Å². The Kier molecular flexibility index (Phi) is 3.93. The largest absolute Gasteiger partial charge is 0.481 e. The third-order valence-electron chi connectivity index (χ3n) is 3.00. The number of carbonyl (C=O) groups is 2. The smallest absolute Gasteiger partial charge is 0.341 e. The number of benzene rings is 1. The van der Waals surface area contributed by atoms with E-state index < -0.39 is 18.5 Å². The van der Waals surface area contributed by atoms with Gasteiger partial charge in [0, 0.05) is 16.8 Å². The van der Waals surface area contributed by atoms with Crippen LogP contribution in [0.25, 0.3) is 10.9 Å². The van der Waals surface area contributed by atoms with Crippen LogP contribution in [0.15, 0.2) is 24.3 Å². The van der Waals surface area contributed by atoms with E-state index in [1.807, 2.05) is 18.2 Å². The number of hydrogen-bond donors (Lipinski definition) is 3. The first-order valence-corrected chi connectivity index (χ1v) is 6.16. The molecule has 20 heavy (non-hydrogen) atoms. The van der Waals surface area contributed by atoms with Crippen molar-refractivity contribution < 1.29 is 24.5 Å². The number of aromatic nitrogens is 1. The highest BCUT2D eigenvalue weighted by atomic mass is 16.5. The standard InChI is InChI=1S/C14H15NO5/c1-8(6-11(16)17)13-14(20-7-12(18)19)9-4-2-3-5-10(9)15-13/h2-5,8,15H,6-7H2,1H3,(H,16,17)(H,18,19). The average Bonchev–Trinajstić information content (AvgIpc) is 2.74. The Morgan fingerprint density at radius 2 is 1.95 bits per heavy atom. The first-order valence-electron chi connectivity index (χ1n) is 6.16. The van der Waals surface area contributed by atoms with Crippen molar-refractivity contribution >= 4 is 22.8 Å². The first kappa shape index (κ1) is 13.9. The van der Waals surface area contributed by atoms with Crippen LogP contribution in [0.5, 0.6) is 5.75 Å². The number of nitrogens with one attached hydrogen (secondary N) is 1. The predicted molar refractivity (Wildman–Crippen MR) is 72.1 cm³/mol. The van der Waals surface area contributed by atoms with Crippen LogP contribution in [0.2, 0.25) is 0 Å². The van der Waals surface area contributed by atoms with Gasteiger partial charge in [-0.1, -0.05) is 19.1 Å². The van der Waals surface area contributed by atoms with Crippen LogP contribution in [-0.2, 0) is 9.59 Å². The lowest BCUT2D eigenvalue weighted by Crippen LogP contribution is -2.11. The maximum atomic E-state index is 10.8. The van der Waals surface area contributed by atoms with Crippen LogP contribution in [0, 0.1) is 0 Å². The molecule has 1 atom stereocenters. The summed E-state index contributed by atoms with van der Waals surface area (Å²) in [6.07, 6.45) is -0.0593. The van der Waals surface area contributed by atoms with Crippen molar-refractivity contribution in [2.75, 3.05) is 6.61 Å². The van der Waals surface area contributed by atoms with Crippen LogP contribution in [-0.4, -0.2) is 33.7 Å². The Labute approximate surface area is 115 Å². The second-order valence-corrected chi connectivity index (χ2v) is 4.59. The van der Waals surface area contributed by atoms with E-state index in [2.05, 4.69) is 4.98 Å². The topological polar surface area (TPSA) is 99.6 Å². The molecule has 106 valence electrons. The van der Waals surface area contributed by atoms with E-state index in [9.17, 15) is 9.59 Å². The molecule has 0 bridgehead atoms. The van der Waals surface area contributed by atoms with Crippen molar-refractivity contribution in [2.45, 2.75) is 19.3 Å². The zero-order valence-corrected chi connectivity index (χ0v) is 10.9. The van der Waals surface area contributed by atoms with Gasteiger partial charge in [-0.3, -0.25) is 4.79 Å². The Balaban J connectivity index is 2.43.